The fourth-order valence-corrected chi connectivity index (χ4v) is 55.4. The van der Waals surface area contributed by atoms with E-state index in [0.717, 1.165) is 0 Å². The molecule has 174 valence electrons. The summed E-state index contributed by atoms with van der Waals surface area (Å²) in [6, 6.07) is 18.7. The molecule has 0 saturated heterocycles. The number of rotatable bonds is 4. The van der Waals surface area contributed by atoms with Crippen LogP contribution in [0.5, 0.6) is 0 Å². The number of allylic oxidation sites excluding steroid dienone is 2. The van der Waals surface area contributed by atoms with Crippen molar-refractivity contribution >= 4 is 60.1 Å². The third-order valence-electron chi connectivity index (χ3n) is 7.49. The van der Waals surface area contributed by atoms with Crippen LogP contribution in [0.1, 0.15) is 29.6 Å². The van der Waals surface area contributed by atoms with Crippen molar-refractivity contribution in [2.24, 2.45) is 0 Å². The van der Waals surface area contributed by atoms with Crippen LogP contribution in [-0.4, -0.2) is 23.1 Å². The summed E-state index contributed by atoms with van der Waals surface area (Å²) >= 11 is -3.53. The first-order valence-electron chi connectivity index (χ1n) is 11.4. The van der Waals surface area contributed by atoms with Gasteiger partial charge in [-0.25, -0.2) is 0 Å². The SMILES string of the molecule is C[Si](C)(C)C1=Cc2ccccc2[CH]1[Hf]([CH3])([CH3])(=[SiH2])[CH]1C([Si](C)(C)C)=Cc2ccccc21.Cl.Cl. The van der Waals surface area contributed by atoms with E-state index in [2.05, 4.69) is 116 Å². The molecule has 2 aromatic carbocycles. The van der Waals surface area contributed by atoms with E-state index in [1.165, 1.54) is 11.1 Å². The van der Waals surface area contributed by atoms with Gasteiger partial charge in [0.2, 0.25) is 0 Å². The second-order valence-electron chi connectivity index (χ2n) is 12.8. The maximum absolute atomic E-state index is 3.53. The topological polar surface area (TPSA) is 0 Å². The van der Waals surface area contributed by atoms with E-state index in [9.17, 15) is 0 Å². The number of hydrogen-bond acceptors (Lipinski definition) is 0. The number of benzene rings is 2. The van der Waals surface area contributed by atoms with Crippen molar-refractivity contribution in [3.8, 4) is 0 Å². The molecule has 4 rings (SSSR count). The third kappa shape index (κ3) is 4.61. The normalized spacial score (nSPS) is 20.4. The summed E-state index contributed by atoms with van der Waals surface area (Å²) in [5.74, 6) is 0. The summed E-state index contributed by atoms with van der Waals surface area (Å²) in [7, 11) is -2.88. The molecule has 0 saturated carbocycles. The molecule has 0 radical (unpaired) electrons. The van der Waals surface area contributed by atoms with Crippen LogP contribution in [0.4, 0.5) is 0 Å². The maximum Gasteiger partial charge on any atom is -0.147 e. The van der Waals surface area contributed by atoms with Crippen molar-refractivity contribution in [3.63, 3.8) is 0 Å². The molecule has 0 bridgehead atoms. The summed E-state index contributed by atoms with van der Waals surface area (Å²) in [4.78, 5) is 0. The Morgan fingerprint density at radius 2 is 0.938 bits per heavy atom. The van der Waals surface area contributed by atoms with Gasteiger partial charge in [-0.3, -0.25) is 0 Å². The molecule has 2 aromatic rings. The second-order valence-corrected chi connectivity index (χ2v) is 66.4. The predicted molar refractivity (Wildman–Crippen MR) is 156 cm³/mol. The van der Waals surface area contributed by atoms with Crippen molar-refractivity contribution < 1.29 is 17.1 Å². The molecule has 2 atom stereocenters. The molecule has 0 spiro atoms. The Bertz CT molecular complexity index is 1070. The summed E-state index contributed by atoms with van der Waals surface area (Å²) in [6.07, 6.45) is 5.23. The van der Waals surface area contributed by atoms with Crippen LogP contribution in [0.15, 0.2) is 58.9 Å². The summed E-state index contributed by atoms with van der Waals surface area (Å²) in [5, 5.41) is 3.64. The van der Waals surface area contributed by atoms with Crippen LogP contribution in [0.25, 0.3) is 12.2 Å². The quantitative estimate of drug-likeness (QED) is 0.285. The molecule has 6 heteroatoms. The zero-order valence-corrected chi connectivity index (χ0v) is 29.6. The van der Waals surface area contributed by atoms with Crippen molar-refractivity contribution in [3.05, 3.63) is 81.2 Å². The van der Waals surface area contributed by atoms with Crippen LogP contribution in [0, 0.1) is 0 Å². The average Bonchev–Trinajstić information content (AvgIpc) is 3.21. The second kappa shape index (κ2) is 8.91. The molecule has 0 N–H and O–H groups in total. The number of fused-ring (bicyclic) bond motifs is 2. The third-order valence-corrected chi connectivity index (χ3v) is 38.7. The predicted octanol–water partition coefficient (Wildman–Crippen LogP) is 8.20. The van der Waals surface area contributed by atoms with Crippen LogP contribution in [0.2, 0.25) is 48.6 Å². The van der Waals surface area contributed by atoms with Crippen molar-refractivity contribution in [2.45, 2.75) is 56.0 Å². The van der Waals surface area contributed by atoms with Gasteiger partial charge >= 0.3 is 190 Å². The molecule has 0 nitrogen and oxygen atoms in total. The Labute approximate surface area is 212 Å². The molecule has 2 unspecified atom stereocenters. The Morgan fingerprint density at radius 1 is 0.625 bits per heavy atom. The van der Waals surface area contributed by atoms with Gasteiger partial charge in [-0.1, -0.05) is 0 Å². The Hall–Kier alpha value is 0.0208. The molecular formula is C26H40Cl2HfSi3. The van der Waals surface area contributed by atoms with E-state index in [4.69, 9.17) is 0 Å². The van der Waals surface area contributed by atoms with Crippen LogP contribution < -0.4 is 0 Å². The van der Waals surface area contributed by atoms with Gasteiger partial charge in [-0.15, -0.1) is 24.8 Å². The van der Waals surface area contributed by atoms with Crippen LogP contribution in [-0.2, 0) is 17.1 Å². The van der Waals surface area contributed by atoms with E-state index in [1.807, 2.05) is 10.4 Å². The largest absolute Gasteiger partial charge is 0.147 e. The molecule has 0 aromatic heterocycles. The Kier molecular flexibility index (Phi) is 7.87. The van der Waals surface area contributed by atoms with Gasteiger partial charge in [0.1, 0.15) is 0 Å². The smallest absolute Gasteiger partial charge is 0.147 e. The van der Waals surface area contributed by atoms with Crippen LogP contribution >= 0.6 is 24.8 Å². The number of halogens is 2. The zero-order valence-electron chi connectivity index (χ0n) is 21.0. The van der Waals surface area contributed by atoms with Gasteiger partial charge in [0.25, 0.3) is 0 Å². The monoisotopic (exact) mass is 686 g/mol. The standard InChI is InChI=1S/2C12H15Si.2CH3.2ClH.Hf.H2Si/c2*1-13(2,3)12-8-10-6-4-5-7-11(10)9-12;;;;;;/h2*4-9H,1-3H3;2*1H3;2*1H;;1H2. The van der Waals surface area contributed by atoms with E-state index in [-0.39, 0.29) is 24.8 Å². The molecule has 0 fully saturated rings. The molecular weight excluding hydrogens is 646 g/mol. The van der Waals surface area contributed by atoms with E-state index >= 15 is 0 Å². The van der Waals surface area contributed by atoms with Gasteiger partial charge in [-0.2, -0.15) is 0 Å². The number of hydrogen-bond donors (Lipinski definition) is 0. The minimum atomic E-state index is -3.53. The van der Waals surface area contributed by atoms with E-state index < -0.39 is 33.3 Å². The van der Waals surface area contributed by atoms with Gasteiger partial charge in [0.05, 0.1) is 0 Å². The molecule has 2 aliphatic carbocycles. The Balaban J connectivity index is 0.00000181. The summed E-state index contributed by atoms with van der Waals surface area (Å²) in [6.45, 7) is 17.9. The van der Waals surface area contributed by atoms with Gasteiger partial charge in [0, 0.05) is 0 Å². The first-order chi connectivity index (χ1) is 13.7. The molecule has 32 heavy (non-hydrogen) atoms. The van der Waals surface area contributed by atoms with Crippen molar-refractivity contribution in [2.75, 3.05) is 0 Å². The minimum absolute atomic E-state index is 0. The summed E-state index contributed by atoms with van der Waals surface area (Å²) < 4.78 is 6.96. The summed E-state index contributed by atoms with van der Waals surface area (Å²) in [5.41, 5.74) is 6.29. The minimum Gasteiger partial charge on any atom is -0.147 e. The molecule has 0 amide bonds. The Morgan fingerprint density at radius 3 is 1.25 bits per heavy atom. The van der Waals surface area contributed by atoms with E-state index in [1.54, 1.807) is 11.1 Å². The van der Waals surface area contributed by atoms with Gasteiger partial charge < -0.3 is 0 Å². The van der Waals surface area contributed by atoms with Crippen LogP contribution in [0.3, 0.4) is 0 Å². The fraction of sp³-hybridized carbons (Fsp3) is 0.385. The van der Waals surface area contributed by atoms with Gasteiger partial charge in [-0.05, 0) is 0 Å². The van der Waals surface area contributed by atoms with Gasteiger partial charge in [0.15, 0.2) is 0 Å². The first-order valence-corrected chi connectivity index (χ1v) is 38.1. The fourth-order valence-electron chi connectivity index (χ4n) is 6.16. The molecule has 0 heterocycles. The molecule has 0 aliphatic heterocycles. The van der Waals surface area contributed by atoms with Crippen molar-refractivity contribution in [1.82, 2.24) is 0 Å². The molecule has 2 aliphatic rings. The first kappa shape index (κ1) is 28.3. The zero-order chi connectivity index (χ0) is 22.1. The van der Waals surface area contributed by atoms with E-state index in [0.29, 0.717) is 7.35 Å². The van der Waals surface area contributed by atoms with Crippen molar-refractivity contribution in [1.29, 1.82) is 0 Å². The average molecular weight is 686 g/mol. The maximum atomic E-state index is 2.80.